The van der Waals surface area contributed by atoms with Gasteiger partial charge in [0.05, 0.1) is 25.4 Å². The molecule has 1 amide bonds. The highest BCUT2D eigenvalue weighted by atomic mass is 16.5. The Morgan fingerprint density at radius 1 is 1.16 bits per heavy atom. The summed E-state index contributed by atoms with van der Waals surface area (Å²) in [5.41, 5.74) is 5.91. The van der Waals surface area contributed by atoms with E-state index in [9.17, 15) is 14.4 Å². The zero-order chi connectivity index (χ0) is 27.2. The van der Waals surface area contributed by atoms with Crippen molar-refractivity contribution in [1.29, 1.82) is 0 Å². The second-order valence-electron chi connectivity index (χ2n) is 10.0. The molecule has 1 spiro atoms. The van der Waals surface area contributed by atoms with E-state index in [1.54, 1.807) is 34.6 Å². The van der Waals surface area contributed by atoms with E-state index in [2.05, 4.69) is 4.90 Å². The molecule has 10 heteroatoms. The maximum Gasteiger partial charge on any atom is 0.341 e. The number of aromatic nitrogens is 1. The van der Waals surface area contributed by atoms with Crippen LogP contribution in [0.1, 0.15) is 37.6 Å². The normalized spacial score (nSPS) is 21.1. The van der Waals surface area contributed by atoms with E-state index in [0.29, 0.717) is 43.2 Å². The highest BCUT2D eigenvalue weighted by Crippen LogP contribution is 2.55. The summed E-state index contributed by atoms with van der Waals surface area (Å²) in [7, 11) is 0. The molecule has 0 radical (unpaired) electrons. The predicted molar refractivity (Wildman–Crippen MR) is 141 cm³/mol. The SMILES string of the molecule is CCOC(=O)C1=C(N)Oc2cc(C)n(CCN3CCOCC3)c(=O)c2C12C(=O)N(C(C)C)c1ccccc12. The summed E-state index contributed by atoms with van der Waals surface area (Å²) in [5, 5.41) is 0. The lowest BCUT2D eigenvalue weighted by Gasteiger charge is -2.36. The molecule has 0 bridgehead atoms. The number of hydrogen-bond acceptors (Lipinski definition) is 8. The Hall–Kier alpha value is -3.63. The van der Waals surface area contributed by atoms with E-state index in [4.69, 9.17) is 19.9 Å². The number of ether oxygens (including phenoxy) is 3. The Bertz CT molecular complexity index is 1370. The number of hydrogen-bond donors (Lipinski definition) is 1. The number of pyridine rings is 1. The molecular weight excluding hydrogens is 488 g/mol. The first kappa shape index (κ1) is 26.0. The summed E-state index contributed by atoms with van der Waals surface area (Å²) in [6.07, 6.45) is 0. The van der Waals surface area contributed by atoms with E-state index in [1.165, 1.54) is 0 Å². The van der Waals surface area contributed by atoms with Gasteiger partial charge < -0.3 is 29.4 Å². The van der Waals surface area contributed by atoms with Crippen LogP contribution in [-0.2, 0) is 31.0 Å². The third-order valence-corrected chi connectivity index (χ3v) is 7.53. The number of rotatable bonds is 6. The molecule has 38 heavy (non-hydrogen) atoms. The van der Waals surface area contributed by atoms with Gasteiger partial charge in [0.25, 0.3) is 5.56 Å². The van der Waals surface area contributed by atoms with Crippen molar-refractivity contribution >= 4 is 17.6 Å². The molecule has 1 aromatic carbocycles. The lowest BCUT2D eigenvalue weighted by molar-refractivity contribution is -0.141. The molecule has 1 unspecified atom stereocenters. The third kappa shape index (κ3) is 3.82. The zero-order valence-corrected chi connectivity index (χ0v) is 22.3. The van der Waals surface area contributed by atoms with Gasteiger partial charge in [-0.2, -0.15) is 0 Å². The van der Waals surface area contributed by atoms with Crippen LogP contribution in [0.5, 0.6) is 5.75 Å². The summed E-state index contributed by atoms with van der Waals surface area (Å²) in [6, 6.07) is 8.69. The Morgan fingerprint density at radius 3 is 2.55 bits per heavy atom. The van der Waals surface area contributed by atoms with Gasteiger partial charge >= 0.3 is 5.97 Å². The summed E-state index contributed by atoms with van der Waals surface area (Å²) in [5.74, 6) is -1.28. The summed E-state index contributed by atoms with van der Waals surface area (Å²) in [4.78, 5) is 46.3. The monoisotopic (exact) mass is 522 g/mol. The number of carbonyl (C=O) groups is 2. The Labute approximate surface area is 221 Å². The maximum absolute atomic E-state index is 14.6. The van der Waals surface area contributed by atoms with Crippen molar-refractivity contribution in [2.45, 2.75) is 45.7 Å². The first-order valence-electron chi connectivity index (χ1n) is 13.1. The van der Waals surface area contributed by atoms with E-state index in [1.807, 2.05) is 32.9 Å². The van der Waals surface area contributed by atoms with Crippen LogP contribution in [0.3, 0.4) is 0 Å². The average molecular weight is 523 g/mol. The van der Waals surface area contributed by atoms with Gasteiger partial charge in [0.1, 0.15) is 16.7 Å². The summed E-state index contributed by atoms with van der Waals surface area (Å²) < 4.78 is 18.4. The molecule has 1 fully saturated rings. The Balaban J connectivity index is 1.77. The van der Waals surface area contributed by atoms with E-state index in [0.717, 1.165) is 13.1 Å². The largest absolute Gasteiger partial charge is 0.462 e. The zero-order valence-electron chi connectivity index (χ0n) is 22.3. The number of amides is 1. The molecule has 2 aromatic rings. The van der Waals surface area contributed by atoms with Gasteiger partial charge in [-0.1, -0.05) is 18.2 Å². The lowest BCUT2D eigenvalue weighted by atomic mass is 9.68. The van der Waals surface area contributed by atoms with E-state index in [-0.39, 0.29) is 35.4 Å². The number of para-hydroxylation sites is 1. The van der Waals surface area contributed by atoms with Gasteiger partial charge in [0.15, 0.2) is 0 Å². The third-order valence-electron chi connectivity index (χ3n) is 7.53. The highest BCUT2D eigenvalue weighted by Gasteiger charge is 2.63. The number of anilines is 1. The van der Waals surface area contributed by atoms with Crippen LogP contribution in [0.25, 0.3) is 0 Å². The number of nitrogens with two attached hydrogens (primary N) is 1. The lowest BCUT2D eigenvalue weighted by Crippen LogP contribution is -2.53. The quantitative estimate of drug-likeness (QED) is 0.570. The smallest absolute Gasteiger partial charge is 0.341 e. The van der Waals surface area contributed by atoms with Crippen LogP contribution < -0.4 is 20.9 Å². The summed E-state index contributed by atoms with van der Waals surface area (Å²) in [6.45, 7) is 11.3. The topological polar surface area (TPSA) is 116 Å². The van der Waals surface area contributed by atoms with Crippen molar-refractivity contribution in [2.75, 3.05) is 44.4 Å². The molecule has 0 saturated carbocycles. The van der Waals surface area contributed by atoms with Crippen LogP contribution in [0.15, 0.2) is 46.6 Å². The number of morpholine rings is 1. The fraction of sp³-hybridized carbons (Fsp3) is 0.464. The highest BCUT2D eigenvalue weighted by molar-refractivity contribution is 6.18. The molecule has 0 aliphatic carbocycles. The van der Waals surface area contributed by atoms with Crippen LogP contribution >= 0.6 is 0 Å². The molecule has 1 atom stereocenters. The molecule has 4 heterocycles. The van der Waals surface area contributed by atoms with Gasteiger partial charge in [0, 0.05) is 55.2 Å². The van der Waals surface area contributed by atoms with Crippen LogP contribution in [0.2, 0.25) is 0 Å². The van der Waals surface area contributed by atoms with Crippen molar-refractivity contribution in [3.8, 4) is 5.75 Å². The molecule has 202 valence electrons. The molecule has 3 aliphatic rings. The fourth-order valence-electron chi connectivity index (χ4n) is 5.85. The predicted octanol–water partition coefficient (Wildman–Crippen LogP) is 1.66. The minimum absolute atomic E-state index is 0.0694. The minimum atomic E-state index is -1.80. The Morgan fingerprint density at radius 2 is 1.87 bits per heavy atom. The number of esters is 1. The summed E-state index contributed by atoms with van der Waals surface area (Å²) >= 11 is 0. The van der Waals surface area contributed by atoms with Gasteiger partial charge in [-0.3, -0.25) is 14.5 Å². The fourth-order valence-corrected chi connectivity index (χ4v) is 5.85. The van der Waals surface area contributed by atoms with Crippen molar-refractivity contribution < 1.29 is 23.8 Å². The number of nitrogens with zero attached hydrogens (tertiary/aromatic N) is 3. The molecule has 5 rings (SSSR count). The molecule has 2 N–H and O–H groups in total. The van der Waals surface area contributed by atoms with Crippen molar-refractivity contribution in [2.24, 2.45) is 5.73 Å². The molecule has 1 saturated heterocycles. The first-order chi connectivity index (χ1) is 18.2. The first-order valence-corrected chi connectivity index (χ1v) is 13.1. The van der Waals surface area contributed by atoms with Crippen molar-refractivity contribution in [3.63, 3.8) is 0 Å². The Kier molecular flexibility index (Phi) is 6.79. The van der Waals surface area contributed by atoms with Gasteiger partial charge in [-0.25, -0.2) is 4.79 Å². The maximum atomic E-state index is 14.6. The number of benzene rings is 1. The number of aryl methyl sites for hydroxylation is 1. The van der Waals surface area contributed by atoms with Crippen LogP contribution in [0, 0.1) is 6.92 Å². The molecule has 3 aliphatic heterocycles. The number of fused-ring (bicyclic) bond motifs is 4. The molecule has 1 aromatic heterocycles. The second kappa shape index (κ2) is 9.92. The molecule has 10 nitrogen and oxygen atoms in total. The van der Waals surface area contributed by atoms with Gasteiger partial charge in [-0.15, -0.1) is 0 Å². The van der Waals surface area contributed by atoms with Gasteiger partial charge in [-0.05, 0) is 33.8 Å². The average Bonchev–Trinajstić information content (AvgIpc) is 3.13. The van der Waals surface area contributed by atoms with E-state index >= 15 is 0 Å². The van der Waals surface area contributed by atoms with Crippen LogP contribution in [-0.4, -0.2) is 66.8 Å². The van der Waals surface area contributed by atoms with Crippen LogP contribution in [0.4, 0.5) is 5.69 Å². The van der Waals surface area contributed by atoms with E-state index < -0.39 is 22.9 Å². The van der Waals surface area contributed by atoms with Crippen molar-refractivity contribution in [1.82, 2.24) is 9.47 Å². The van der Waals surface area contributed by atoms with Crippen molar-refractivity contribution in [3.05, 3.63) is 69.0 Å². The second-order valence-corrected chi connectivity index (χ2v) is 10.0. The number of carbonyl (C=O) groups excluding carboxylic acids is 2. The minimum Gasteiger partial charge on any atom is -0.462 e. The standard InChI is InChI=1S/C28H34N4O6/c1-5-37-26(34)23-24(29)38-21-16-18(4)31(11-10-30-12-14-36-15-13-30)25(33)22(21)28(23)19-8-6-7-9-20(19)32(17(2)3)27(28)35/h6-9,16-17H,5,10-15,29H2,1-4H3. The van der Waals surface area contributed by atoms with Gasteiger partial charge in [0.2, 0.25) is 11.8 Å². The molecular formula is C28H34N4O6.